The molecule has 0 aromatic heterocycles. The van der Waals surface area contributed by atoms with Crippen molar-refractivity contribution in [3.8, 4) is 0 Å². The summed E-state index contributed by atoms with van der Waals surface area (Å²) in [6.45, 7) is -0.213. The third kappa shape index (κ3) is 7.77. The number of hydrogen-bond donors (Lipinski definition) is 2. The van der Waals surface area contributed by atoms with Crippen LogP contribution in [0.15, 0.2) is 34.2 Å². The van der Waals surface area contributed by atoms with Crippen molar-refractivity contribution in [2.24, 2.45) is 4.99 Å². The molecular weight excluding hydrogens is 472 g/mol. The van der Waals surface area contributed by atoms with E-state index in [9.17, 15) is 21.6 Å². The van der Waals surface area contributed by atoms with Crippen LogP contribution in [0.4, 0.5) is 13.2 Å². The van der Waals surface area contributed by atoms with E-state index in [1.807, 2.05) is 0 Å². The van der Waals surface area contributed by atoms with E-state index in [2.05, 4.69) is 15.6 Å². The monoisotopic (exact) mass is 494 g/mol. The second-order valence-corrected chi connectivity index (χ2v) is 7.23. The first kappa shape index (κ1) is 23.9. The fraction of sp³-hybridized carbons (Fsp3) is 0.500. The maximum atomic E-state index is 12.3. The first-order valence-corrected chi connectivity index (χ1v) is 8.53. The maximum Gasteiger partial charge on any atom is 0.390 e. The lowest BCUT2D eigenvalue weighted by Crippen LogP contribution is -2.38. The minimum absolute atomic E-state index is 0. The highest BCUT2D eigenvalue weighted by Gasteiger charge is 2.26. The molecule has 0 atom stereocenters. The molecule has 0 radical (unpaired) electrons. The molecule has 0 heterocycles. The Morgan fingerprint density at radius 1 is 1.20 bits per heavy atom. The molecule has 1 rings (SSSR count). The first-order chi connectivity index (χ1) is 11.1. The van der Waals surface area contributed by atoms with Gasteiger partial charge >= 0.3 is 6.18 Å². The Labute approximate surface area is 163 Å². The minimum atomic E-state index is -4.25. The molecule has 0 aliphatic rings. The third-order valence-electron chi connectivity index (χ3n) is 3.10. The molecule has 0 fully saturated rings. The van der Waals surface area contributed by atoms with Crippen molar-refractivity contribution in [3.05, 3.63) is 29.8 Å². The summed E-state index contributed by atoms with van der Waals surface area (Å²) in [5, 5.41) is 5.35. The summed E-state index contributed by atoms with van der Waals surface area (Å²) in [7, 11) is 0.663. The van der Waals surface area contributed by atoms with Gasteiger partial charge in [-0.25, -0.2) is 12.7 Å². The zero-order chi connectivity index (χ0) is 18.4. The van der Waals surface area contributed by atoms with E-state index in [0.29, 0.717) is 5.56 Å². The zero-order valence-corrected chi connectivity index (χ0v) is 17.2. The van der Waals surface area contributed by atoms with E-state index >= 15 is 0 Å². The molecule has 0 bridgehead atoms. The number of nitrogens with zero attached hydrogens (tertiary/aromatic N) is 2. The van der Waals surface area contributed by atoms with Crippen LogP contribution >= 0.6 is 24.0 Å². The van der Waals surface area contributed by atoms with Gasteiger partial charge in [-0.1, -0.05) is 18.2 Å². The van der Waals surface area contributed by atoms with Gasteiger partial charge in [0.2, 0.25) is 10.0 Å². The fourth-order valence-corrected chi connectivity index (χ4v) is 2.94. The van der Waals surface area contributed by atoms with Gasteiger partial charge in [0.05, 0.1) is 11.3 Å². The van der Waals surface area contributed by atoms with E-state index in [-0.39, 0.29) is 47.9 Å². The molecule has 0 spiro atoms. The minimum Gasteiger partial charge on any atom is -0.356 e. The number of aliphatic imine (C=N–C) groups is 1. The standard InChI is InChI=1S/C14H21F3N4O2S.HI/c1-18-13(19-9-8-14(15,16)17)20-10-11-6-4-5-7-12(11)24(22,23)21(2)3;/h4-7H,8-10H2,1-3H3,(H2,18,19,20);1H. The van der Waals surface area contributed by atoms with Crippen molar-refractivity contribution in [3.63, 3.8) is 0 Å². The molecule has 2 N–H and O–H groups in total. The Morgan fingerprint density at radius 3 is 2.32 bits per heavy atom. The van der Waals surface area contributed by atoms with E-state index in [1.54, 1.807) is 18.2 Å². The van der Waals surface area contributed by atoms with Crippen molar-refractivity contribution in [1.82, 2.24) is 14.9 Å². The van der Waals surface area contributed by atoms with E-state index in [0.717, 1.165) is 4.31 Å². The van der Waals surface area contributed by atoms with E-state index in [4.69, 9.17) is 0 Å². The largest absolute Gasteiger partial charge is 0.390 e. The van der Waals surface area contributed by atoms with E-state index < -0.39 is 22.6 Å². The molecule has 0 amide bonds. The quantitative estimate of drug-likeness (QED) is 0.362. The first-order valence-electron chi connectivity index (χ1n) is 7.09. The Balaban J connectivity index is 0.00000576. The lowest BCUT2D eigenvalue weighted by atomic mass is 10.2. The highest BCUT2D eigenvalue weighted by Crippen LogP contribution is 2.19. The van der Waals surface area contributed by atoms with Gasteiger partial charge in [-0.2, -0.15) is 13.2 Å². The lowest BCUT2D eigenvalue weighted by Gasteiger charge is -2.17. The smallest absolute Gasteiger partial charge is 0.356 e. The molecule has 1 aromatic rings. The molecule has 0 saturated heterocycles. The highest BCUT2D eigenvalue weighted by molar-refractivity contribution is 14.0. The van der Waals surface area contributed by atoms with Crippen LogP contribution in [0.1, 0.15) is 12.0 Å². The Morgan fingerprint density at radius 2 is 1.80 bits per heavy atom. The van der Waals surface area contributed by atoms with Crippen LogP contribution in [0, 0.1) is 0 Å². The van der Waals surface area contributed by atoms with Crippen molar-refractivity contribution in [1.29, 1.82) is 0 Å². The Hall–Kier alpha value is -1.08. The van der Waals surface area contributed by atoms with Crippen LogP contribution in [0.25, 0.3) is 0 Å². The van der Waals surface area contributed by atoms with Crippen LogP contribution in [0.3, 0.4) is 0 Å². The number of sulfonamides is 1. The average Bonchev–Trinajstić information content (AvgIpc) is 2.49. The van der Waals surface area contributed by atoms with Gasteiger partial charge in [0, 0.05) is 34.2 Å². The number of nitrogens with one attached hydrogen (secondary N) is 2. The van der Waals surface area contributed by atoms with Crippen LogP contribution in [-0.2, 0) is 16.6 Å². The van der Waals surface area contributed by atoms with Crippen molar-refractivity contribution < 1.29 is 21.6 Å². The summed E-state index contributed by atoms with van der Waals surface area (Å²) in [5.41, 5.74) is 0.491. The van der Waals surface area contributed by atoms with Gasteiger partial charge < -0.3 is 10.6 Å². The summed E-state index contributed by atoms with van der Waals surface area (Å²) >= 11 is 0. The zero-order valence-electron chi connectivity index (χ0n) is 14.1. The number of alkyl halides is 3. The van der Waals surface area contributed by atoms with Gasteiger partial charge in [0.15, 0.2) is 5.96 Å². The summed E-state index contributed by atoms with van der Waals surface area (Å²) in [5.74, 6) is 0.163. The second kappa shape index (κ2) is 10.2. The van der Waals surface area contributed by atoms with Crippen LogP contribution in [0.2, 0.25) is 0 Å². The molecule has 11 heteroatoms. The third-order valence-corrected chi connectivity index (χ3v) is 5.02. The molecule has 0 unspecified atom stereocenters. The summed E-state index contributed by atoms with van der Waals surface area (Å²) in [4.78, 5) is 3.95. The Kier molecular flexibility index (Phi) is 9.72. The second-order valence-electron chi connectivity index (χ2n) is 5.11. The van der Waals surface area contributed by atoms with E-state index in [1.165, 1.54) is 27.2 Å². The molecule has 0 aliphatic carbocycles. The number of hydrogen-bond acceptors (Lipinski definition) is 3. The number of benzene rings is 1. The maximum absolute atomic E-state index is 12.3. The average molecular weight is 494 g/mol. The predicted octanol–water partition coefficient (Wildman–Crippen LogP) is 2.17. The number of rotatable bonds is 6. The lowest BCUT2D eigenvalue weighted by molar-refractivity contribution is -0.132. The van der Waals surface area contributed by atoms with Crippen LogP contribution in [0.5, 0.6) is 0 Å². The molecule has 144 valence electrons. The molecule has 0 saturated carbocycles. The summed E-state index contributed by atoms with van der Waals surface area (Å²) in [6, 6.07) is 6.40. The van der Waals surface area contributed by atoms with Crippen LogP contribution in [-0.4, -0.2) is 52.5 Å². The molecule has 6 nitrogen and oxygen atoms in total. The van der Waals surface area contributed by atoms with Gasteiger partial charge in [0.1, 0.15) is 0 Å². The SMILES string of the molecule is CN=C(NCCC(F)(F)F)NCc1ccccc1S(=O)(=O)N(C)C.I. The van der Waals surface area contributed by atoms with Gasteiger partial charge in [0.25, 0.3) is 0 Å². The van der Waals surface area contributed by atoms with Gasteiger partial charge in [-0.05, 0) is 11.6 Å². The molecule has 0 aliphatic heterocycles. The molecule has 25 heavy (non-hydrogen) atoms. The fourth-order valence-electron chi connectivity index (χ4n) is 1.82. The summed E-state index contributed by atoms with van der Waals surface area (Å²) < 4.78 is 62.1. The van der Waals surface area contributed by atoms with Crippen molar-refractivity contribution >= 4 is 40.0 Å². The van der Waals surface area contributed by atoms with Gasteiger partial charge in [-0.3, -0.25) is 4.99 Å². The predicted molar refractivity (Wildman–Crippen MR) is 102 cm³/mol. The van der Waals surface area contributed by atoms with Crippen molar-refractivity contribution in [2.75, 3.05) is 27.7 Å². The van der Waals surface area contributed by atoms with Crippen LogP contribution < -0.4 is 10.6 Å². The Bertz CT molecular complexity index is 679. The number of guanidine groups is 1. The van der Waals surface area contributed by atoms with Crippen molar-refractivity contribution in [2.45, 2.75) is 24.0 Å². The van der Waals surface area contributed by atoms with Gasteiger partial charge in [-0.15, -0.1) is 24.0 Å². The topological polar surface area (TPSA) is 73.8 Å². The summed E-state index contributed by atoms with van der Waals surface area (Å²) in [6.07, 6.45) is -5.24. The normalized spacial score (nSPS) is 12.7. The number of halogens is 4. The molecular formula is C14H22F3IN4O2S. The molecule has 1 aromatic carbocycles. The highest BCUT2D eigenvalue weighted by atomic mass is 127.